The predicted octanol–water partition coefficient (Wildman–Crippen LogP) is 3.10. The maximum absolute atomic E-state index is 5.66. The lowest BCUT2D eigenvalue weighted by Crippen LogP contribution is -2.30. The second kappa shape index (κ2) is 7.56. The average Bonchev–Trinajstić information content (AvgIpc) is 3.02. The minimum absolute atomic E-state index is 0.566. The molecule has 0 bridgehead atoms. The Morgan fingerprint density at radius 3 is 2.71 bits per heavy atom. The van der Waals surface area contributed by atoms with E-state index in [0.717, 1.165) is 17.7 Å². The quantitative estimate of drug-likeness (QED) is 0.604. The molecule has 5 nitrogen and oxygen atoms in total. The first kappa shape index (κ1) is 14.5. The molecule has 0 saturated carbocycles. The van der Waals surface area contributed by atoms with Crippen LogP contribution < -0.4 is 0 Å². The Hall–Kier alpha value is -1.40. The van der Waals surface area contributed by atoms with Gasteiger partial charge in [-0.15, -0.1) is 10.2 Å². The highest BCUT2D eigenvalue weighted by atomic mass is 32.2. The second-order valence-corrected chi connectivity index (χ2v) is 6.26. The number of nitrogens with zero attached hydrogens (tertiary/aromatic N) is 4. The van der Waals surface area contributed by atoms with E-state index in [1.165, 1.54) is 38.9 Å². The summed E-state index contributed by atoms with van der Waals surface area (Å²) in [5.41, 5.74) is 0.915. The van der Waals surface area contributed by atoms with Crippen molar-refractivity contribution in [2.24, 2.45) is 0 Å². The van der Waals surface area contributed by atoms with Crippen LogP contribution in [0.25, 0.3) is 11.5 Å². The smallest absolute Gasteiger partial charge is 0.276 e. The minimum atomic E-state index is 0.566. The van der Waals surface area contributed by atoms with Crippen LogP contribution >= 0.6 is 11.8 Å². The summed E-state index contributed by atoms with van der Waals surface area (Å²) in [6.45, 7) is 3.70. The molecule has 0 amide bonds. The first-order chi connectivity index (χ1) is 10.4. The molecule has 1 aliphatic heterocycles. The van der Waals surface area contributed by atoms with Gasteiger partial charge in [-0.25, -0.2) is 0 Å². The van der Waals surface area contributed by atoms with Crippen molar-refractivity contribution in [3.05, 3.63) is 24.5 Å². The zero-order valence-corrected chi connectivity index (χ0v) is 12.9. The van der Waals surface area contributed by atoms with Crippen molar-refractivity contribution in [1.29, 1.82) is 0 Å². The van der Waals surface area contributed by atoms with Crippen molar-refractivity contribution in [2.45, 2.75) is 30.9 Å². The topological polar surface area (TPSA) is 55.1 Å². The lowest BCUT2D eigenvalue weighted by Gasteiger charge is -2.26. The van der Waals surface area contributed by atoms with Crippen molar-refractivity contribution in [1.82, 2.24) is 20.1 Å². The molecule has 2 aromatic heterocycles. The number of likely N-dealkylation sites (tertiary alicyclic amines) is 1. The van der Waals surface area contributed by atoms with E-state index in [4.69, 9.17) is 4.42 Å². The summed E-state index contributed by atoms with van der Waals surface area (Å²) in [6, 6.07) is 3.75. The van der Waals surface area contributed by atoms with E-state index in [9.17, 15) is 0 Å². The van der Waals surface area contributed by atoms with Gasteiger partial charge in [0.15, 0.2) is 0 Å². The molecule has 21 heavy (non-hydrogen) atoms. The number of thioether (sulfide) groups is 1. The molecule has 0 aliphatic carbocycles. The molecule has 1 aliphatic rings. The summed E-state index contributed by atoms with van der Waals surface area (Å²) in [5, 5.41) is 8.82. The Morgan fingerprint density at radius 1 is 1.10 bits per heavy atom. The van der Waals surface area contributed by atoms with Crippen LogP contribution in [0.2, 0.25) is 0 Å². The van der Waals surface area contributed by atoms with E-state index in [1.807, 2.05) is 12.1 Å². The van der Waals surface area contributed by atoms with Crippen LogP contribution in [0.3, 0.4) is 0 Å². The summed E-state index contributed by atoms with van der Waals surface area (Å²) in [5.74, 6) is 1.59. The van der Waals surface area contributed by atoms with Gasteiger partial charge in [-0.05, 0) is 51.0 Å². The number of hydrogen-bond acceptors (Lipinski definition) is 6. The number of rotatable bonds is 6. The molecule has 112 valence electrons. The minimum Gasteiger partial charge on any atom is -0.411 e. The van der Waals surface area contributed by atoms with Crippen LogP contribution in [-0.2, 0) is 0 Å². The third-order valence-corrected chi connectivity index (χ3v) is 4.53. The Labute approximate surface area is 129 Å². The molecule has 3 heterocycles. The largest absolute Gasteiger partial charge is 0.411 e. The predicted molar refractivity (Wildman–Crippen MR) is 83.2 cm³/mol. The standard InChI is InChI=1S/C15H20N4OS/c1-2-9-19(10-3-1)11-4-12-21-15-18-17-14(20-15)13-5-7-16-8-6-13/h5-8H,1-4,9-12H2. The van der Waals surface area contributed by atoms with Crippen LogP contribution in [-0.4, -0.2) is 45.5 Å². The van der Waals surface area contributed by atoms with Gasteiger partial charge in [0.25, 0.3) is 5.22 Å². The summed E-state index contributed by atoms with van der Waals surface area (Å²) >= 11 is 1.64. The van der Waals surface area contributed by atoms with Gasteiger partial charge in [0.2, 0.25) is 5.89 Å². The number of piperidine rings is 1. The van der Waals surface area contributed by atoms with E-state index < -0.39 is 0 Å². The van der Waals surface area contributed by atoms with Crippen LogP contribution in [0.5, 0.6) is 0 Å². The van der Waals surface area contributed by atoms with Gasteiger partial charge >= 0.3 is 0 Å². The maximum Gasteiger partial charge on any atom is 0.276 e. The summed E-state index contributed by atoms with van der Waals surface area (Å²) < 4.78 is 5.66. The van der Waals surface area contributed by atoms with E-state index in [0.29, 0.717) is 11.1 Å². The first-order valence-corrected chi connectivity index (χ1v) is 8.49. The molecule has 0 radical (unpaired) electrons. The number of hydrogen-bond donors (Lipinski definition) is 0. The normalized spacial score (nSPS) is 16.2. The second-order valence-electron chi connectivity index (χ2n) is 5.21. The molecule has 1 saturated heterocycles. The molecule has 0 aromatic carbocycles. The van der Waals surface area contributed by atoms with Crippen molar-refractivity contribution in [3.8, 4) is 11.5 Å². The van der Waals surface area contributed by atoms with Gasteiger partial charge in [-0.3, -0.25) is 4.98 Å². The van der Waals surface area contributed by atoms with Crippen LogP contribution in [0.4, 0.5) is 0 Å². The molecule has 1 fully saturated rings. The Kier molecular flexibility index (Phi) is 5.23. The monoisotopic (exact) mass is 304 g/mol. The Bertz CT molecular complexity index is 540. The highest BCUT2D eigenvalue weighted by Gasteiger charge is 2.11. The van der Waals surface area contributed by atoms with Gasteiger partial charge in [0.05, 0.1) is 0 Å². The zero-order chi connectivity index (χ0) is 14.3. The van der Waals surface area contributed by atoms with Crippen molar-refractivity contribution >= 4 is 11.8 Å². The fourth-order valence-electron chi connectivity index (χ4n) is 2.51. The highest BCUT2D eigenvalue weighted by molar-refractivity contribution is 7.99. The summed E-state index contributed by atoms with van der Waals surface area (Å²) in [6.07, 6.45) is 8.72. The van der Waals surface area contributed by atoms with E-state index in [2.05, 4.69) is 20.1 Å². The molecular formula is C15H20N4OS. The van der Waals surface area contributed by atoms with E-state index in [1.54, 1.807) is 24.2 Å². The third kappa shape index (κ3) is 4.28. The maximum atomic E-state index is 5.66. The number of pyridine rings is 1. The van der Waals surface area contributed by atoms with Crippen LogP contribution in [0.1, 0.15) is 25.7 Å². The van der Waals surface area contributed by atoms with Crippen molar-refractivity contribution < 1.29 is 4.42 Å². The Morgan fingerprint density at radius 2 is 1.90 bits per heavy atom. The van der Waals surface area contributed by atoms with Crippen molar-refractivity contribution in [3.63, 3.8) is 0 Å². The van der Waals surface area contributed by atoms with Gasteiger partial charge in [0.1, 0.15) is 0 Å². The molecule has 0 N–H and O–H groups in total. The van der Waals surface area contributed by atoms with Crippen LogP contribution in [0.15, 0.2) is 34.2 Å². The highest BCUT2D eigenvalue weighted by Crippen LogP contribution is 2.23. The lowest BCUT2D eigenvalue weighted by atomic mass is 10.1. The van der Waals surface area contributed by atoms with Gasteiger partial charge in [-0.2, -0.15) is 0 Å². The lowest BCUT2D eigenvalue weighted by molar-refractivity contribution is 0.230. The molecule has 3 rings (SSSR count). The fourth-order valence-corrected chi connectivity index (χ4v) is 3.19. The number of aromatic nitrogens is 3. The molecule has 0 unspecified atom stereocenters. The fraction of sp³-hybridized carbons (Fsp3) is 0.533. The van der Waals surface area contributed by atoms with Crippen LogP contribution in [0, 0.1) is 0 Å². The van der Waals surface area contributed by atoms with Gasteiger partial charge in [-0.1, -0.05) is 18.2 Å². The van der Waals surface area contributed by atoms with E-state index >= 15 is 0 Å². The van der Waals surface area contributed by atoms with E-state index in [-0.39, 0.29) is 0 Å². The molecule has 0 spiro atoms. The SMILES string of the molecule is c1cc(-c2nnc(SCCCN3CCCCC3)o2)ccn1. The summed E-state index contributed by atoms with van der Waals surface area (Å²) in [7, 11) is 0. The molecular weight excluding hydrogens is 284 g/mol. The van der Waals surface area contributed by atoms with Gasteiger partial charge < -0.3 is 9.32 Å². The first-order valence-electron chi connectivity index (χ1n) is 7.51. The molecule has 0 atom stereocenters. The molecule has 6 heteroatoms. The van der Waals surface area contributed by atoms with Gasteiger partial charge in [0, 0.05) is 23.7 Å². The third-order valence-electron chi connectivity index (χ3n) is 3.63. The summed E-state index contributed by atoms with van der Waals surface area (Å²) in [4.78, 5) is 6.54. The zero-order valence-electron chi connectivity index (χ0n) is 12.1. The Balaban J connectivity index is 1.42. The van der Waals surface area contributed by atoms with Crippen molar-refractivity contribution in [2.75, 3.05) is 25.4 Å². The average molecular weight is 304 g/mol. The molecule has 2 aromatic rings.